The van der Waals surface area contributed by atoms with Crippen molar-refractivity contribution in [2.75, 3.05) is 0 Å². The molecule has 0 unspecified atom stereocenters. The molecule has 0 radical (unpaired) electrons. The summed E-state index contributed by atoms with van der Waals surface area (Å²) in [5, 5.41) is 1.83. The first kappa shape index (κ1) is 15.8. The van der Waals surface area contributed by atoms with Gasteiger partial charge in [0.2, 0.25) is 0 Å². The lowest BCUT2D eigenvalue weighted by atomic mass is 10.1. The Bertz CT molecular complexity index is 892. The Kier molecular flexibility index (Phi) is 4.03. The first-order valence-corrected chi connectivity index (χ1v) is 8.06. The Labute approximate surface area is 142 Å². The molecule has 0 aliphatic carbocycles. The second-order valence-electron chi connectivity index (χ2n) is 6.21. The van der Waals surface area contributed by atoms with Crippen molar-refractivity contribution in [3.8, 4) is 11.5 Å². The van der Waals surface area contributed by atoms with Gasteiger partial charge in [-0.05, 0) is 75.1 Å². The maximum absolute atomic E-state index is 6.25. The van der Waals surface area contributed by atoms with Gasteiger partial charge in [0.05, 0.1) is 5.52 Å². The van der Waals surface area contributed by atoms with Crippen LogP contribution in [-0.2, 0) is 0 Å². The number of fused-ring (bicyclic) bond motifs is 1. The van der Waals surface area contributed by atoms with Crippen LogP contribution in [0.1, 0.15) is 27.9 Å². The van der Waals surface area contributed by atoms with E-state index in [4.69, 9.17) is 16.3 Å². The molecule has 3 rings (SSSR count). The molecule has 0 fully saturated rings. The molecule has 0 aliphatic rings. The largest absolute Gasteiger partial charge is 0.457 e. The molecule has 2 nitrogen and oxygen atoms in total. The number of hydrogen-bond acceptors (Lipinski definition) is 2. The Morgan fingerprint density at radius 2 is 1.48 bits per heavy atom. The van der Waals surface area contributed by atoms with Gasteiger partial charge < -0.3 is 4.74 Å². The van der Waals surface area contributed by atoms with Gasteiger partial charge in [0.25, 0.3) is 0 Å². The van der Waals surface area contributed by atoms with Gasteiger partial charge in [-0.2, -0.15) is 0 Å². The second kappa shape index (κ2) is 5.86. The Hall–Kier alpha value is -2.06. The Balaban J connectivity index is 2.17. The molecule has 1 aromatic heterocycles. The minimum atomic E-state index is 0.791. The molecule has 0 saturated heterocycles. The van der Waals surface area contributed by atoms with Crippen LogP contribution < -0.4 is 4.74 Å². The van der Waals surface area contributed by atoms with E-state index < -0.39 is 0 Å². The molecule has 0 atom stereocenters. The maximum atomic E-state index is 6.25. The summed E-state index contributed by atoms with van der Waals surface area (Å²) in [7, 11) is 0. The lowest BCUT2D eigenvalue weighted by Gasteiger charge is -2.14. The van der Waals surface area contributed by atoms with Crippen LogP contribution in [0, 0.1) is 34.6 Å². The number of halogens is 1. The van der Waals surface area contributed by atoms with E-state index in [1.54, 1.807) is 0 Å². The molecule has 3 heteroatoms. The van der Waals surface area contributed by atoms with E-state index >= 15 is 0 Å². The van der Waals surface area contributed by atoms with Crippen molar-refractivity contribution in [2.24, 2.45) is 0 Å². The van der Waals surface area contributed by atoms with Crippen molar-refractivity contribution in [3.05, 3.63) is 63.3 Å². The quantitative estimate of drug-likeness (QED) is 0.557. The first-order chi connectivity index (χ1) is 10.8. The number of benzene rings is 2. The molecule has 118 valence electrons. The number of aromatic nitrogens is 1. The van der Waals surface area contributed by atoms with Crippen LogP contribution in [-0.4, -0.2) is 4.98 Å². The first-order valence-electron chi connectivity index (χ1n) is 7.68. The summed E-state index contributed by atoms with van der Waals surface area (Å²) in [6.07, 6.45) is 0. The second-order valence-corrected chi connectivity index (χ2v) is 6.59. The number of pyridine rings is 1. The standard InChI is InChI=1S/C20H20ClNO/c1-11-6-14(4)20-17(7-11)18(10-15(5)22-20)23-16-8-12(2)19(21)13(3)9-16/h6-10H,1-5H3. The highest BCUT2D eigenvalue weighted by atomic mass is 35.5. The van der Waals surface area contributed by atoms with Crippen molar-refractivity contribution in [2.45, 2.75) is 34.6 Å². The summed E-state index contributed by atoms with van der Waals surface area (Å²) in [6.45, 7) is 10.2. The zero-order chi connectivity index (χ0) is 16.7. The van der Waals surface area contributed by atoms with Crippen molar-refractivity contribution < 1.29 is 4.74 Å². The van der Waals surface area contributed by atoms with Crippen LogP contribution in [0.3, 0.4) is 0 Å². The van der Waals surface area contributed by atoms with E-state index in [0.717, 1.165) is 49.8 Å². The van der Waals surface area contributed by atoms with Gasteiger partial charge in [-0.1, -0.05) is 17.7 Å². The molecule has 0 spiro atoms. The summed E-state index contributed by atoms with van der Waals surface area (Å²) < 4.78 is 6.20. The zero-order valence-corrected chi connectivity index (χ0v) is 14.9. The minimum Gasteiger partial charge on any atom is -0.457 e. The van der Waals surface area contributed by atoms with Gasteiger partial charge in [0.15, 0.2) is 0 Å². The van der Waals surface area contributed by atoms with Gasteiger partial charge in [0.1, 0.15) is 11.5 Å². The van der Waals surface area contributed by atoms with E-state index in [9.17, 15) is 0 Å². The zero-order valence-electron chi connectivity index (χ0n) is 14.1. The highest BCUT2D eigenvalue weighted by Crippen LogP contribution is 2.34. The fourth-order valence-corrected chi connectivity index (χ4v) is 3.06. The smallest absolute Gasteiger partial charge is 0.138 e. The third-order valence-corrected chi connectivity index (χ3v) is 4.57. The fourth-order valence-electron chi connectivity index (χ4n) is 2.95. The van der Waals surface area contributed by atoms with Crippen LogP contribution >= 0.6 is 11.6 Å². The topological polar surface area (TPSA) is 22.1 Å². The van der Waals surface area contributed by atoms with Crippen molar-refractivity contribution in [3.63, 3.8) is 0 Å². The van der Waals surface area contributed by atoms with E-state index in [1.807, 2.05) is 39.0 Å². The molecular weight excluding hydrogens is 306 g/mol. The molecule has 0 bridgehead atoms. The summed E-state index contributed by atoms with van der Waals surface area (Å²) in [5.74, 6) is 1.64. The van der Waals surface area contributed by atoms with E-state index in [1.165, 1.54) is 5.56 Å². The van der Waals surface area contributed by atoms with E-state index in [2.05, 4.69) is 31.0 Å². The normalized spacial score (nSPS) is 11.0. The summed E-state index contributed by atoms with van der Waals surface area (Å²) >= 11 is 6.25. The lowest BCUT2D eigenvalue weighted by Crippen LogP contribution is -1.94. The number of ether oxygens (including phenoxy) is 1. The van der Waals surface area contributed by atoms with Crippen molar-refractivity contribution in [1.29, 1.82) is 0 Å². The van der Waals surface area contributed by atoms with Crippen LogP contribution in [0.15, 0.2) is 30.3 Å². The average molecular weight is 326 g/mol. The van der Waals surface area contributed by atoms with Crippen LogP contribution in [0.4, 0.5) is 0 Å². The number of aryl methyl sites for hydroxylation is 5. The molecule has 0 aliphatic heterocycles. The van der Waals surface area contributed by atoms with Crippen LogP contribution in [0.2, 0.25) is 5.02 Å². The number of rotatable bonds is 2. The lowest BCUT2D eigenvalue weighted by molar-refractivity contribution is 0.486. The number of nitrogens with zero attached hydrogens (tertiary/aromatic N) is 1. The van der Waals surface area contributed by atoms with E-state index in [0.29, 0.717) is 0 Å². The molecule has 0 N–H and O–H groups in total. The van der Waals surface area contributed by atoms with Crippen molar-refractivity contribution >= 4 is 22.5 Å². The average Bonchev–Trinajstić information content (AvgIpc) is 2.46. The van der Waals surface area contributed by atoms with Gasteiger partial charge in [0, 0.05) is 22.2 Å². The highest BCUT2D eigenvalue weighted by Gasteiger charge is 2.11. The summed E-state index contributed by atoms with van der Waals surface area (Å²) in [4.78, 5) is 4.67. The third-order valence-electron chi connectivity index (χ3n) is 3.98. The maximum Gasteiger partial charge on any atom is 0.138 e. The summed E-state index contributed by atoms with van der Waals surface area (Å²) in [6, 6.07) is 10.2. The number of hydrogen-bond donors (Lipinski definition) is 0. The molecule has 0 saturated carbocycles. The third kappa shape index (κ3) is 3.04. The molecule has 0 amide bonds. The summed E-state index contributed by atoms with van der Waals surface area (Å²) in [5.41, 5.74) is 6.34. The SMILES string of the molecule is Cc1cc(C)c2nc(C)cc(Oc3cc(C)c(Cl)c(C)c3)c2c1. The molecule has 1 heterocycles. The van der Waals surface area contributed by atoms with Crippen LogP contribution in [0.25, 0.3) is 10.9 Å². The molecule has 3 aromatic rings. The Morgan fingerprint density at radius 1 is 0.826 bits per heavy atom. The van der Waals surface area contributed by atoms with Gasteiger partial charge in [-0.25, -0.2) is 0 Å². The predicted octanol–water partition coefficient (Wildman–Crippen LogP) is 6.22. The minimum absolute atomic E-state index is 0.791. The molecule has 23 heavy (non-hydrogen) atoms. The van der Waals surface area contributed by atoms with E-state index in [-0.39, 0.29) is 0 Å². The van der Waals surface area contributed by atoms with Gasteiger partial charge >= 0.3 is 0 Å². The molecular formula is C20H20ClNO. The van der Waals surface area contributed by atoms with Gasteiger partial charge in [-0.3, -0.25) is 4.98 Å². The predicted molar refractivity (Wildman–Crippen MR) is 97.0 cm³/mol. The monoisotopic (exact) mass is 325 g/mol. The van der Waals surface area contributed by atoms with Gasteiger partial charge in [-0.15, -0.1) is 0 Å². The molecule has 2 aromatic carbocycles. The fraction of sp³-hybridized carbons (Fsp3) is 0.250. The van der Waals surface area contributed by atoms with Crippen molar-refractivity contribution in [1.82, 2.24) is 4.98 Å². The van der Waals surface area contributed by atoms with Crippen LogP contribution in [0.5, 0.6) is 11.5 Å². The Morgan fingerprint density at radius 3 is 2.13 bits per heavy atom. The highest BCUT2D eigenvalue weighted by molar-refractivity contribution is 6.32.